The number of carbonyl (C=O) groups is 2. The summed E-state index contributed by atoms with van der Waals surface area (Å²) in [5.74, 6) is -1.31. The average molecular weight is 251 g/mol. The van der Waals surface area contributed by atoms with Crippen molar-refractivity contribution in [2.45, 2.75) is 25.9 Å². The summed E-state index contributed by atoms with van der Waals surface area (Å²) in [6, 6.07) is 3.75. The lowest BCUT2D eigenvalue weighted by molar-refractivity contribution is -0.148. The molecule has 2 unspecified atom stereocenters. The molecule has 0 saturated carbocycles. The van der Waals surface area contributed by atoms with E-state index in [1.165, 1.54) is 0 Å². The van der Waals surface area contributed by atoms with Gasteiger partial charge in [-0.05, 0) is 26.0 Å². The number of nitrogens with zero attached hydrogens (tertiary/aromatic N) is 1. The van der Waals surface area contributed by atoms with Gasteiger partial charge in [0, 0.05) is 6.20 Å². The van der Waals surface area contributed by atoms with E-state index in [0.29, 0.717) is 5.69 Å². The van der Waals surface area contributed by atoms with Gasteiger partial charge in [-0.3, -0.25) is 9.78 Å². The van der Waals surface area contributed by atoms with Gasteiger partial charge in [0.1, 0.15) is 0 Å². The minimum absolute atomic E-state index is 0.190. The van der Waals surface area contributed by atoms with Crippen LogP contribution in [0.25, 0.3) is 0 Å². The third kappa shape index (κ3) is 3.81. The van der Waals surface area contributed by atoms with E-state index in [1.807, 2.05) is 6.07 Å². The molecule has 3 N–H and O–H groups in total. The molecular formula is C12H17N3O3. The van der Waals surface area contributed by atoms with Gasteiger partial charge in [0.15, 0.2) is 6.04 Å². The second-order valence-corrected chi connectivity index (χ2v) is 3.71. The van der Waals surface area contributed by atoms with Gasteiger partial charge < -0.3 is 15.8 Å². The number of amides is 1. The molecule has 1 amide bonds. The normalized spacial score (nSPS) is 13.5. The number of rotatable bonds is 5. The molecule has 2 atom stereocenters. The third-order valence-electron chi connectivity index (χ3n) is 2.31. The van der Waals surface area contributed by atoms with E-state index < -0.39 is 17.9 Å². The lowest BCUT2D eigenvalue weighted by Gasteiger charge is -2.16. The Labute approximate surface area is 106 Å². The summed E-state index contributed by atoms with van der Waals surface area (Å²) in [6.07, 6.45) is 1.63. The zero-order chi connectivity index (χ0) is 13.5. The molecule has 1 heterocycles. The van der Waals surface area contributed by atoms with Crippen LogP contribution in [0.3, 0.4) is 0 Å². The predicted octanol–water partition coefficient (Wildman–Crippen LogP) is 0.149. The fourth-order valence-corrected chi connectivity index (χ4v) is 1.35. The summed E-state index contributed by atoms with van der Waals surface area (Å²) in [7, 11) is 0. The molecule has 6 heteroatoms. The van der Waals surface area contributed by atoms with E-state index in [0.717, 1.165) is 0 Å². The lowest BCUT2D eigenvalue weighted by Crippen LogP contribution is -2.47. The summed E-state index contributed by atoms with van der Waals surface area (Å²) in [5, 5.41) is 2.61. The van der Waals surface area contributed by atoms with E-state index >= 15 is 0 Å². The number of carbonyl (C=O) groups excluding carboxylic acids is 2. The van der Waals surface area contributed by atoms with Crippen LogP contribution in [-0.4, -0.2) is 29.5 Å². The first-order valence-electron chi connectivity index (χ1n) is 5.69. The molecule has 0 aliphatic carbocycles. The Kier molecular flexibility index (Phi) is 5.26. The zero-order valence-corrected chi connectivity index (χ0v) is 10.4. The predicted molar refractivity (Wildman–Crippen MR) is 65.4 cm³/mol. The summed E-state index contributed by atoms with van der Waals surface area (Å²) in [5.41, 5.74) is 6.16. The van der Waals surface area contributed by atoms with Crippen LogP contribution in [0.1, 0.15) is 25.6 Å². The van der Waals surface area contributed by atoms with Crippen LogP contribution in [0.5, 0.6) is 0 Å². The standard InChI is InChI=1S/C12H17N3O3/c1-3-18-12(17)10(13)11(16)15-8(2)9-6-4-5-7-14-9/h4-8,10H,3,13H2,1-2H3,(H,15,16). The van der Waals surface area contributed by atoms with E-state index in [2.05, 4.69) is 15.0 Å². The number of hydrogen-bond acceptors (Lipinski definition) is 5. The van der Waals surface area contributed by atoms with E-state index in [-0.39, 0.29) is 12.6 Å². The summed E-state index contributed by atoms with van der Waals surface area (Å²) < 4.78 is 4.67. The molecule has 1 aromatic rings. The highest BCUT2D eigenvalue weighted by Crippen LogP contribution is 2.07. The average Bonchev–Trinajstić information content (AvgIpc) is 2.39. The Morgan fingerprint density at radius 1 is 1.50 bits per heavy atom. The molecule has 0 radical (unpaired) electrons. The van der Waals surface area contributed by atoms with Crippen molar-refractivity contribution in [3.05, 3.63) is 30.1 Å². The SMILES string of the molecule is CCOC(=O)C(N)C(=O)NC(C)c1ccccn1. The summed E-state index contributed by atoms with van der Waals surface area (Å²) >= 11 is 0. The van der Waals surface area contributed by atoms with Crippen molar-refractivity contribution >= 4 is 11.9 Å². The van der Waals surface area contributed by atoms with Crippen LogP contribution in [0, 0.1) is 0 Å². The minimum atomic E-state index is -1.31. The number of esters is 1. The Morgan fingerprint density at radius 3 is 2.78 bits per heavy atom. The van der Waals surface area contributed by atoms with Crippen LogP contribution in [-0.2, 0) is 14.3 Å². The van der Waals surface area contributed by atoms with Crippen LogP contribution in [0.2, 0.25) is 0 Å². The van der Waals surface area contributed by atoms with E-state index in [9.17, 15) is 9.59 Å². The maximum absolute atomic E-state index is 11.7. The zero-order valence-electron chi connectivity index (χ0n) is 10.4. The first kappa shape index (κ1) is 14.1. The van der Waals surface area contributed by atoms with Gasteiger partial charge in [0.05, 0.1) is 18.3 Å². The van der Waals surface area contributed by atoms with Crippen LogP contribution in [0.15, 0.2) is 24.4 Å². The molecule has 0 bridgehead atoms. The Hall–Kier alpha value is -1.95. The van der Waals surface area contributed by atoms with Gasteiger partial charge in [0.2, 0.25) is 5.91 Å². The molecule has 0 aliphatic rings. The maximum atomic E-state index is 11.7. The fourth-order valence-electron chi connectivity index (χ4n) is 1.35. The number of hydrogen-bond donors (Lipinski definition) is 2. The maximum Gasteiger partial charge on any atom is 0.332 e. The van der Waals surface area contributed by atoms with Crippen molar-refractivity contribution in [3.63, 3.8) is 0 Å². The molecule has 18 heavy (non-hydrogen) atoms. The monoisotopic (exact) mass is 251 g/mol. The van der Waals surface area contributed by atoms with E-state index in [4.69, 9.17) is 5.73 Å². The van der Waals surface area contributed by atoms with Gasteiger partial charge in [-0.15, -0.1) is 0 Å². The first-order chi connectivity index (χ1) is 8.56. The van der Waals surface area contributed by atoms with Gasteiger partial charge in [-0.1, -0.05) is 6.07 Å². The largest absolute Gasteiger partial charge is 0.464 e. The molecule has 1 rings (SSSR count). The Bertz CT molecular complexity index is 408. The molecule has 0 fully saturated rings. The molecule has 0 saturated heterocycles. The number of nitrogens with two attached hydrogens (primary N) is 1. The highest BCUT2D eigenvalue weighted by Gasteiger charge is 2.24. The number of aromatic nitrogens is 1. The van der Waals surface area contributed by atoms with Crippen molar-refractivity contribution in [1.82, 2.24) is 10.3 Å². The van der Waals surface area contributed by atoms with Gasteiger partial charge in [-0.2, -0.15) is 0 Å². The van der Waals surface area contributed by atoms with Crippen LogP contribution < -0.4 is 11.1 Å². The molecule has 1 aromatic heterocycles. The topological polar surface area (TPSA) is 94.3 Å². The fraction of sp³-hybridized carbons (Fsp3) is 0.417. The molecule has 0 spiro atoms. The van der Waals surface area contributed by atoms with Crippen molar-refractivity contribution in [2.75, 3.05) is 6.61 Å². The van der Waals surface area contributed by atoms with Crippen molar-refractivity contribution < 1.29 is 14.3 Å². The van der Waals surface area contributed by atoms with Gasteiger partial charge in [0.25, 0.3) is 0 Å². The van der Waals surface area contributed by atoms with E-state index in [1.54, 1.807) is 32.2 Å². The van der Waals surface area contributed by atoms with Crippen molar-refractivity contribution in [1.29, 1.82) is 0 Å². The molecule has 0 aliphatic heterocycles. The summed E-state index contributed by atoms with van der Waals surface area (Å²) in [6.45, 7) is 3.60. The van der Waals surface area contributed by atoms with Crippen molar-refractivity contribution in [2.24, 2.45) is 5.73 Å². The minimum Gasteiger partial charge on any atom is -0.464 e. The highest BCUT2D eigenvalue weighted by atomic mass is 16.5. The Balaban J connectivity index is 2.57. The molecule has 0 aromatic carbocycles. The highest BCUT2D eigenvalue weighted by molar-refractivity contribution is 6.01. The quantitative estimate of drug-likeness (QED) is 0.574. The number of ether oxygens (including phenoxy) is 1. The molecular weight excluding hydrogens is 234 g/mol. The smallest absolute Gasteiger partial charge is 0.332 e. The number of pyridine rings is 1. The van der Waals surface area contributed by atoms with Gasteiger partial charge >= 0.3 is 5.97 Å². The molecule has 6 nitrogen and oxygen atoms in total. The second-order valence-electron chi connectivity index (χ2n) is 3.71. The summed E-state index contributed by atoms with van der Waals surface area (Å²) in [4.78, 5) is 27.1. The van der Waals surface area contributed by atoms with Crippen molar-refractivity contribution in [3.8, 4) is 0 Å². The number of nitrogens with one attached hydrogen (secondary N) is 1. The van der Waals surface area contributed by atoms with Crippen LogP contribution in [0.4, 0.5) is 0 Å². The lowest BCUT2D eigenvalue weighted by atomic mass is 10.2. The first-order valence-corrected chi connectivity index (χ1v) is 5.69. The molecule has 98 valence electrons. The van der Waals surface area contributed by atoms with Gasteiger partial charge in [-0.25, -0.2) is 4.79 Å². The Morgan fingerprint density at radius 2 is 2.22 bits per heavy atom. The third-order valence-corrected chi connectivity index (χ3v) is 2.31. The second kappa shape index (κ2) is 6.70. The van der Waals surface area contributed by atoms with Crippen LogP contribution >= 0.6 is 0 Å².